The lowest BCUT2D eigenvalue weighted by Gasteiger charge is -2.39. The normalized spacial score (nSPS) is 17.2. The van der Waals surface area contributed by atoms with Crippen molar-refractivity contribution < 1.29 is 5.11 Å². The predicted molar refractivity (Wildman–Crippen MR) is 64.2 cm³/mol. The van der Waals surface area contributed by atoms with Crippen LogP contribution in [-0.4, -0.2) is 25.5 Å². The maximum atomic E-state index is 10.6. The van der Waals surface area contributed by atoms with Crippen LogP contribution in [0.2, 0.25) is 0 Å². The monoisotopic (exact) mass is 263 g/mol. The van der Waals surface area contributed by atoms with E-state index in [0.717, 1.165) is 0 Å². The summed E-state index contributed by atoms with van der Waals surface area (Å²) in [4.78, 5) is 3.82. The van der Waals surface area contributed by atoms with Gasteiger partial charge in [-0.1, -0.05) is 44.0 Å². The molecule has 1 atom stereocenters. The molecule has 90 valence electrons. The van der Waals surface area contributed by atoms with Crippen LogP contribution in [0.5, 0.6) is 0 Å². The fourth-order valence-corrected chi connectivity index (χ4v) is 1.83. The highest BCUT2D eigenvalue weighted by atomic mass is 35.5. The average Bonchev–Trinajstić information content (AvgIpc) is 2.67. The molecule has 0 aliphatic carbocycles. The molecule has 4 nitrogen and oxygen atoms in total. The lowest BCUT2D eigenvalue weighted by Crippen LogP contribution is -2.47. The van der Waals surface area contributed by atoms with E-state index in [4.69, 9.17) is 23.2 Å². The predicted octanol–water partition coefficient (Wildman–Crippen LogP) is 2.37. The summed E-state index contributed by atoms with van der Waals surface area (Å²) in [7, 11) is 0. The first kappa shape index (κ1) is 13.5. The Morgan fingerprint density at radius 1 is 1.50 bits per heavy atom. The molecule has 1 rings (SSSR count). The number of hydrogen-bond acceptors (Lipinski definition) is 3. The van der Waals surface area contributed by atoms with Gasteiger partial charge in [0.05, 0.1) is 11.6 Å². The molecule has 0 bridgehead atoms. The number of nitrogens with zero attached hydrogens (tertiary/aromatic N) is 3. The van der Waals surface area contributed by atoms with E-state index in [1.54, 1.807) is 0 Å². The van der Waals surface area contributed by atoms with Gasteiger partial charge in [0.1, 0.15) is 18.3 Å². The average molecular weight is 264 g/mol. The van der Waals surface area contributed by atoms with Crippen molar-refractivity contribution in [1.82, 2.24) is 14.8 Å². The molecule has 0 aliphatic heterocycles. The Morgan fingerprint density at radius 3 is 2.50 bits per heavy atom. The molecule has 16 heavy (non-hydrogen) atoms. The molecule has 0 spiro atoms. The Morgan fingerprint density at radius 2 is 2.12 bits per heavy atom. The number of hydrogen-bond donors (Lipinski definition) is 1. The molecule has 0 saturated heterocycles. The zero-order chi connectivity index (χ0) is 12.4. The van der Waals surface area contributed by atoms with Gasteiger partial charge >= 0.3 is 0 Å². The van der Waals surface area contributed by atoms with E-state index >= 15 is 0 Å². The molecule has 1 N–H and O–H groups in total. The summed E-state index contributed by atoms with van der Waals surface area (Å²) < 4.78 is 1.52. The number of aliphatic hydroxyl groups is 1. The molecule has 0 aromatic carbocycles. The van der Waals surface area contributed by atoms with E-state index in [9.17, 15) is 5.11 Å². The maximum absolute atomic E-state index is 10.6. The van der Waals surface area contributed by atoms with Gasteiger partial charge in [-0.3, -0.25) is 0 Å². The minimum atomic E-state index is -1.27. The first-order chi connectivity index (χ1) is 7.31. The molecule has 1 aromatic rings. The summed E-state index contributed by atoms with van der Waals surface area (Å²) >= 11 is 11.6. The molecule has 0 amide bonds. The van der Waals surface area contributed by atoms with Crippen molar-refractivity contribution in [2.24, 2.45) is 5.41 Å². The number of aromatic nitrogens is 3. The summed E-state index contributed by atoms with van der Waals surface area (Å²) in [6.07, 6.45) is 2.93. The van der Waals surface area contributed by atoms with Crippen LogP contribution in [0.1, 0.15) is 20.8 Å². The zero-order valence-corrected chi connectivity index (χ0v) is 11.0. The molecule has 1 aromatic heterocycles. The van der Waals surface area contributed by atoms with Gasteiger partial charge in [0.2, 0.25) is 0 Å². The smallest absolute Gasteiger partial charge is 0.137 e. The molecule has 0 saturated carbocycles. The van der Waals surface area contributed by atoms with Gasteiger partial charge in [0, 0.05) is 5.54 Å². The Labute approximate surface area is 105 Å². The van der Waals surface area contributed by atoms with Crippen LogP contribution in [0.3, 0.4) is 0 Å². The van der Waals surface area contributed by atoms with Crippen molar-refractivity contribution in [1.29, 1.82) is 0 Å². The maximum Gasteiger partial charge on any atom is 0.137 e. The zero-order valence-electron chi connectivity index (χ0n) is 9.48. The first-order valence-corrected chi connectivity index (χ1v) is 5.64. The minimum absolute atomic E-state index is 0.192. The van der Waals surface area contributed by atoms with E-state index < -0.39 is 11.0 Å². The molecular weight excluding hydrogens is 249 g/mol. The Hall–Kier alpha value is -0.580. The highest BCUT2D eigenvalue weighted by Crippen LogP contribution is 2.39. The van der Waals surface area contributed by atoms with Crippen LogP contribution in [-0.2, 0) is 6.54 Å². The van der Waals surface area contributed by atoms with E-state index in [1.165, 1.54) is 22.9 Å². The van der Waals surface area contributed by atoms with E-state index in [-0.39, 0.29) is 11.6 Å². The molecule has 0 aliphatic rings. The molecule has 6 heteroatoms. The standard InChI is InChI=1S/C10H15Cl2N3O/c1-9(2,3)10(16,8(12)4-11)5-15-7-13-6-14-15/h4,6-7,16H,5H2,1-3H3/b8-4-. The van der Waals surface area contributed by atoms with Crippen LogP contribution < -0.4 is 0 Å². The molecule has 1 unspecified atom stereocenters. The van der Waals surface area contributed by atoms with Crippen molar-refractivity contribution in [3.8, 4) is 0 Å². The first-order valence-electron chi connectivity index (χ1n) is 4.82. The summed E-state index contributed by atoms with van der Waals surface area (Å²) in [6, 6.07) is 0. The SMILES string of the molecule is CC(C)(C)C(O)(Cn1cncn1)/C(Cl)=C/Cl. The lowest BCUT2D eigenvalue weighted by atomic mass is 9.76. The summed E-state index contributed by atoms with van der Waals surface area (Å²) in [5.74, 6) is 0. The van der Waals surface area contributed by atoms with Crippen LogP contribution in [0.25, 0.3) is 0 Å². The van der Waals surface area contributed by atoms with Gasteiger partial charge in [-0.05, 0) is 5.41 Å². The summed E-state index contributed by atoms with van der Waals surface area (Å²) in [5, 5.41) is 14.8. The van der Waals surface area contributed by atoms with E-state index in [1.807, 2.05) is 20.8 Å². The molecule has 0 radical (unpaired) electrons. The summed E-state index contributed by atoms with van der Waals surface area (Å²) in [5.41, 5.74) is -0.560. The van der Waals surface area contributed by atoms with Crippen LogP contribution in [0, 0.1) is 5.41 Å². The highest BCUT2D eigenvalue weighted by Gasteiger charge is 2.43. The van der Waals surface area contributed by atoms with Crippen LogP contribution >= 0.6 is 23.2 Å². The molecular formula is C10H15Cl2N3O. The van der Waals surface area contributed by atoms with Crippen LogP contribution in [0.4, 0.5) is 0 Å². The van der Waals surface area contributed by atoms with Crippen LogP contribution in [0.15, 0.2) is 23.2 Å². The second-order valence-corrected chi connectivity index (χ2v) is 5.29. The third-order valence-electron chi connectivity index (χ3n) is 2.59. The van der Waals surface area contributed by atoms with Crippen molar-refractivity contribution in [2.45, 2.75) is 32.9 Å². The number of rotatable bonds is 3. The second-order valence-electron chi connectivity index (χ2n) is 4.66. The summed E-state index contributed by atoms with van der Waals surface area (Å²) in [6.45, 7) is 5.85. The van der Waals surface area contributed by atoms with E-state index in [0.29, 0.717) is 0 Å². The third kappa shape index (κ3) is 2.56. The lowest BCUT2D eigenvalue weighted by molar-refractivity contribution is -0.0344. The van der Waals surface area contributed by atoms with Gasteiger partial charge < -0.3 is 5.11 Å². The second kappa shape index (κ2) is 4.73. The minimum Gasteiger partial charge on any atom is -0.382 e. The molecule has 1 heterocycles. The topological polar surface area (TPSA) is 50.9 Å². The van der Waals surface area contributed by atoms with Crippen molar-refractivity contribution in [3.05, 3.63) is 23.2 Å². The van der Waals surface area contributed by atoms with E-state index in [2.05, 4.69) is 10.1 Å². The van der Waals surface area contributed by atoms with Gasteiger partial charge in [0.25, 0.3) is 0 Å². The highest BCUT2D eigenvalue weighted by molar-refractivity contribution is 6.37. The molecule has 0 fully saturated rings. The van der Waals surface area contributed by atoms with Gasteiger partial charge in [0.15, 0.2) is 0 Å². The van der Waals surface area contributed by atoms with Crippen molar-refractivity contribution >= 4 is 23.2 Å². The van der Waals surface area contributed by atoms with Gasteiger partial charge in [-0.15, -0.1) is 0 Å². The Balaban J connectivity index is 3.06. The van der Waals surface area contributed by atoms with Gasteiger partial charge in [-0.25, -0.2) is 9.67 Å². The quantitative estimate of drug-likeness (QED) is 0.911. The fourth-order valence-electron chi connectivity index (χ4n) is 1.31. The third-order valence-corrected chi connectivity index (χ3v) is 3.34. The fraction of sp³-hybridized carbons (Fsp3) is 0.600. The Kier molecular flexibility index (Phi) is 3.99. The number of halogens is 2. The Bertz CT molecular complexity index is 370. The van der Waals surface area contributed by atoms with Crippen molar-refractivity contribution in [3.63, 3.8) is 0 Å². The largest absolute Gasteiger partial charge is 0.382 e. The van der Waals surface area contributed by atoms with Crippen molar-refractivity contribution in [2.75, 3.05) is 0 Å². The van der Waals surface area contributed by atoms with Gasteiger partial charge in [-0.2, -0.15) is 5.10 Å².